The first-order valence-corrected chi connectivity index (χ1v) is 9.50. The van der Waals surface area contributed by atoms with Crippen molar-refractivity contribution in [3.8, 4) is 0 Å². The lowest BCUT2D eigenvalue weighted by atomic mass is 9.82. The average Bonchev–Trinajstić information content (AvgIpc) is 2.62. The van der Waals surface area contributed by atoms with Crippen LogP contribution < -0.4 is 11.1 Å². The fourth-order valence-corrected chi connectivity index (χ4v) is 3.40. The van der Waals surface area contributed by atoms with Crippen molar-refractivity contribution in [2.24, 2.45) is 5.73 Å². The summed E-state index contributed by atoms with van der Waals surface area (Å²) < 4.78 is 0. The highest BCUT2D eigenvalue weighted by Gasteiger charge is 2.35. The molecule has 138 valence electrons. The highest BCUT2D eigenvalue weighted by Crippen LogP contribution is 2.27. The third-order valence-corrected chi connectivity index (χ3v) is 4.86. The van der Waals surface area contributed by atoms with E-state index in [1.54, 1.807) is 24.3 Å². The van der Waals surface area contributed by atoms with Crippen LogP contribution in [0, 0.1) is 0 Å². The van der Waals surface area contributed by atoms with Crippen molar-refractivity contribution in [1.82, 2.24) is 4.90 Å². The monoisotopic (exact) mass is 345 g/mol. The van der Waals surface area contributed by atoms with E-state index in [-0.39, 0.29) is 11.8 Å². The van der Waals surface area contributed by atoms with Gasteiger partial charge in [-0.3, -0.25) is 9.59 Å². The molecule has 0 atom stereocenters. The summed E-state index contributed by atoms with van der Waals surface area (Å²) in [7, 11) is 0. The maximum Gasteiger partial charge on any atom is 0.253 e. The van der Waals surface area contributed by atoms with Crippen LogP contribution in [0.1, 0.15) is 69.2 Å². The van der Waals surface area contributed by atoms with Gasteiger partial charge in [0.15, 0.2) is 0 Å². The molecule has 0 heterocycles. The van der Waals surface area contributed by atoms with Crippen molar-refractivity contribution in [2.75, 3.05) is 18.4 Å². The molecule has 2 rings (SSSR count). The van der Waals surface area contributed by atoms with Gasteiger partial charge in [-0.2, -0.15) is 0 Å². The molecule has 3 N–H and O–H groups in total. The molecular formula is C20H31N3O2. The number of hydrogen-bond donors (Lipinski definition) is 2. The fourth-order valence-electron chi connectivity index (χ4n) is 3.40. The lowest BCUT2D eigenvalue weighted by molar-refractivity contribution is -0.122. The molecule has 25 heavy (non-hydrogen) atoms. The Morgan fingerprint density at radius 2 is 1.60 bits per heavy atom. The SMILES string of the molecule is CCCN(CCC)C(=O)c1ccc(NC(=O)C2(N)CCCCC2)cc1. The molecule has 5 heteroatoms. The van der Waals surface area contributed by atoms with E-state index in [0.29, 0.717) is 11.3 Å². The molecule has 1 aromatic carbocycles. The quantitative estimate of drug-likeness (QED) is 0.793. The summed E-state index contributed by atoms with van der Waals surface area (Å²) in [6.07, 6.45) is 6.51. The standard InChI is InChI=1S/C20H31N3O2/c1-3-14-23(15-4-2)18(24)16-8-10-17(11-9-16)22-19(25)20(21)12-6-5-7-13-20/h8-11H,3-7,12-15,21H2,1-2H3,(H,22,25). The molecule has 0 unspecified atom stereocenters. The number of carbonyl (C=O) groups excluding carboxylic acids is 2. The molecule has 0 aromatic heterocycles. The Kier molecular flexibility index (Phi) is 7.00. The van der Waals surface area contributed by atoms with Gasteiger partial charge in [0.2, 0.25) is 5.91 Å². The Morgan fingerprint density at radius 3 is 2.12 bits per heavy atom. The molecule has 1 aliphatic rings. The molecule has 1 aliphatic carbocycles. The summed E-state index contributed by atoms with van der Waals surface area (Å²) in [5.41, 5.74) is 6.85. The van der Waals surface area contributed by atoms with Gasteiger partial charge in [-0.15, -0.1) is 0 Å². The summed E-state index contributed by atoms with van der Waals surface area (Å²) in [6, 6.07) is 7.13. The predicted octanol–water partition coefficient (Wildman–Crippen LogP) is 3.55. The summed E-state index contributed by atoms with van der Waals surface area (Å²) in [6.45, 7) is 5.67. The van der Waals surface area contributed by atoms with Crippen molar-refractivity contribution in [3.05, 3.63) is 29.8 Å². The summed E-state index contributed by atoms with van der Waals surface area (Å²) in [5, 5.41) is 2.91. The molecule has 0 aliphatic heterocycles. The van der Waals surface area contributed by atoms with E-state index >= 15 is 0 Å². The second-order valence-electron chi connectivity index (χ2n) is 7.04. The number of amides is 2. The van der Waals surface area contributed by atoms with Crippen molar-refractivity contribution in [3.63, 3.8) is 0 Å². The Labute approximate surface area is 151 Å². The van der Waals surface area contributed by atoms with Gasteiger partial charge in [0.05, 0.1) is 5.54 Å². The normalized spacial score (nSPS) is 16.3. The van der Waals surface area contributed by atoms with Crippen molar-refractivity contribution in [1.29, 1.82) is 0 Å². The second kappa shape index (κ2) is 8.99. The van der Waals surface area contributed by atoms with Crippen molar-refractivity contribution in [2.45, 2.75) is 64.3 Å². The highest BCUT2D eigenvalue weighted by molar-refractivity contribution is 5.99. The molecule has 5 nitrogen and oxygen atoms in total. The van der Waals surface area contributed by atoms with Crippen LogP contribution >= 0.6 is 0 Å². The van der Waals surface area contributed by atoms with Crippen LogP contribution in [0.25, 0.3) is 0 Å². The fraction of sp³-hybridized carbons (Fsp3) is 0.600. The third kappa shape index (κ3) is 5.05. The number of anilines is 1. The maximum absolute atomic E-state index is 12.6. The van der Waals surface area contributed by atoms with Gasteiger partial charge in [0.1, 0.15) is 0 Å². The molecule has 0 spiro atoms. The lowest BCUT2D eigenvalue weighted by Gasteiger charge is -2.31. The largest absolute Gasteiger partial charge is 0.339 e. The number of hydrogen-bond acceptors (Lipinski definition) is 3. The first-order chi connectivity index (χ1) is 12.0. The minimum absolute atomic E-state index is 0.0455. The van der Waals surface area contributed by atoms with Gasteiger partial charge in [-0.1, -0.05) is 33.1 Å². The maximum atomic E-state index is 12.6. The third-order valence-electron chi connectivity index (χ3n) is 4.86. The Bertz CT molecular complexity index is 571. The van der Waals surface area contributed by atoms with Gasteiger partial charge in [-0.05, 0) is 49.9 Å². The topological polar surface area (TPSA) is 75.4 Å². The number of carbonyl (C=O) groups is 2. The van der Waals surface area contributed by atoms with Gasteiger partial charge < -0.3 is 16.0 Å². The van der Waals surface area contributed by atoms with Crippen LogP contribution in [0.3, 0.4) is 0 Å². The van der Waals surface area contributed by atoms with E-state index < -0.39 is 5.54 Å². The first kappa shape index (κ1) is 19.4. The zero-order valence-corrected chi connectivity index (χ0v) is 15.5. The number of nitrogens with one attached hydrogen (secondary N) is 1. The van der Waals surface area contributed by atoms with Crippen molar-refractivity contribution >= 4 is 17.5 Å². The van der Waals surface area contributed by atoms with Crippen LogP contribution in [-0.4, -0.2) is 35.3 Å². The molecule has 1 saturated carbocycles. The molecular weight excluding hydrogens is 314 g/mol. The van der Waals surface area contributed by atoms with E-state index in [0.717, 1.165) is 58.0 Å². The molecule has 2 amide bonds. The molecule has 1 aromatic rings. The molecule has 0 bridgehead atoms. The second-order valence-corrected chi connectivity index (χ2v) is 7.04. The number of benzene rings is 1. The minimum atomic E-state index is -0.758. The number of nitrogens with zero attached hydrogens (tertiary/aromatic N) is 1. The zero-order valence-electron chi connectivity index (χ0n) is 15.5. The molecule has 0 radical (unpaired) electrons. The molecule has 0 saturated heterocycles. The summed E-state index contributed by atoms with van der Waals surface area (Å²) >= 11 is 0. The van der Waals surface area contributed by atoms with Crippen LogP contribution in [-0.2, 0) is 4.79 Å². The minimum Gasteiger partial charge on any atom is -0.339 e. The number of rotatable bonds is 7. The van der Waals surface area contributed by atoms with E-state index in [1.807, 2.05) is 4.90 Å². The van der Waals surface area contributed by atoms with E-state index in [2.05, 4.69) is 19.2 Å². The first-order valence-electron chi connectivity index (χ1n) is 9.50. The zero-order chi connectivity index (χ0) is 18.3. The van der Waals surface area contributed by atoms with Gasteiger partial charge >= 0.3 is 0 Å². The van der Waals surface area contributed by atoms with Gasteiger partial charge in [0, 0.05) is 24.3 Å². The van der Waals surface area contributed by atoms with Crippen LogP contribution in [0.2, 0.25) is 0 Å². The van der Waals surface area contributed by atoms with Gasteiger partial charge in [-0.25, -0.2) is 0 Å². The van der Waals surface area contributed by atoms with Crippen molar-refractivity contribution < 1.29 is 9.59 Å². The van der Waals surface area contributed by atoms with E-state index in [1.165, 1.54) is 0 Å². The van der Waals surface area contributed by atoms with Crippen LogP contribution in [0.15, 0.2) is 24.3 Å². The lowest BCUT2D eigenvalue weighted by Crippen LogP contribution is -2.52. The van der Waals surface area contributed by atoms with Gasteiger partial charge in [0.25, 0.3) is 5.91 Å². The smallest absolute Gasteiger partial charge is 0.253 e. The predicted molar refractivity (Wildman–Crippen MR) is 102 cm³/mol. The van der Waals surface area contributed by atoms with Crippen LogP contribution in [0.5, 0.6) is 0 Å². The molecule has 1 fully saturated rings. The Hall–Kier alpha value is -1.88. The van der Waals surface area contributed by atoms with Crippen LogP contribution in [0.4, 0.5) is 5.69 Å². The van der Waals surface area contributed by atoms with E-state index in [9.17, 15) is 9.59 Å². The Morgan fingerprint density at radius 1 is 1.04 bits per heavy atom. The Balaban J connectivity index is 2.01. The highest BCUT2D eigenvalue weighted by atomic mass is 16.2. The average molecular weight is 345 g/mol. The summed E-state index contributed by atoms with van der Waals surface area (Å²) in [5.74, 6) is -0.0750. The number of nitrogens with two attached hydrogens (primary N) is 1. The summed E-state index contributed by atoms with van der Waals surface area (Å²) in [4.78, 5) is 26.9. The van der Waals surface area contributed by atoms with E-state index in [4.69, 9.17) is 5.73 Å².